The van der Waals surface area contributed by atoms with Gasteiger partial charge in [-0.15, -0.1) is 0 Å². The molecular weight excluding hydrogens is 524 g/mol. The van der Waals surface area contributed by atoms with Crippen molar-refractivity contribution < 1.29 is 9.53 Å². The highest BCUT2D eigenvalue weighted by molar-refractivity contribution is 6.04. The second-order valence-electron chi connectivity index (χ2n) is 11.1. The lowest BCUT2D eigenvalue weighted by Gasteiger charge is -2.32. The molecule has 3 aromatic carbocycles. The summed E-state index contributed by atoms with van der Waals surface area (Å²) in [5.41, 5.74) is 7.13. The van der Waals surface area contributed by atoms with Crippen molar-refractivity contribution in [3.05, 3.63) is 101 Å². The van der Waals surface area contributed by atoms with Gasteiger partial charge >= 0.3 is 0 Å². The average molecular weight is 561 g/mol. The quantitative estimate of drug-likeness (QED) is 0.261. The number of piperazine rings is 1. The van der Waals surface area contributed by atoms with Crippen LogP contribution >= 0.6 is 0 Å². The first-order chi connectivity index (χ1) is 20.3. The molecule has 0 radical (unpaired) electrons. The van der Waals surface area contributed by atoms with Crippen molar-refractivity contribution in [2.45, 2.75) is 20.4 Å². The van der Waals surface area contributed by atoms with Crippen molar-refractivity contribution in [3.8, 4) is 23.0 Å². The molecule has 6 rings (SSSR count). The first-order valence-electron chi connectivity index (χ1n) is 14.3. The molecule has 1 fully saturated rings. The zero-order valence-corrected chi connectivity index (χ0v) is 24.6. The van der Waals surface area contributed by atoms with E-state index in [1.54, 1.807) is 6.07 Å². The topological polar surface area (TPSA) is 75.5 Å². The van der Waals surface area contributed by atoms with Crippen LogP contribution in [0.2, 0.25) is 0 Å². The Morgan fingerprint density at radius 1 is 0.881 bits per heavy atom. The summed E-state index contributed by atoms with van der Waals surface area (Å²) in [6.07, 6.45) is 1.94. The van der Waals surface area contributed by atoms with Crippen LogP contribution < -0.4 is 10.1 Å². The fraction of sp³-hybridized carbons (Fsp3) is 0.265. The van der Waals surface area contributed by atoms with Gasteiger partial charge in [0.25, 0.3) is 5.91 Å². The fourth-order valence-corrected chi connectivity index (χ4v) is 5.30. The van der Waals surface area contributed by atoms with E-state index in [0.29, 0.717) is 23.0 Å². The number of benzene rings is 3. The Labute approximate surface area is 246 Å². The van der Waals surface area contributed by atoms with Gasteiger partial charge in [0.1, 0.15) is 11.3 Å². The van der Waals surface area contributed by atoms with E-state index >= 15 is 0 Å². The fourth-order valence-electron chi connectivity index (χ4n) is 5.30. The number of ether oxygens (including phenoxy) is 1. The first-order valence-corrected chi connectivity index (χ1v) is 14.3. The lowest BCUT2D eigenvalue weighted by molar-refractivity contribution is 0.102. The van der Waals surface area contributed by atoms with Crippen LogP contribution in [-0.4, -0.2) is 63.5 Å². The van der Waals surface area contributed by atoms with Crippen LogP contribution in [0.25, 0.3) is 22.4 Å². The number of hydrogen-bond acceptors (Lipinski definition) is 6. The molecule has 0 spiro atoms. The molecule has 8 nitrogen and oxygen atoms in total. The molecule has 0 unspecified atom stereocenters. The highest BCUT2D eigenvalue weighted by Crippen LogP contribution is 2.32. The molecule has 1 amide bonds. The molecule has 2 aromatic heterocycles. The Morgan fingerprint density at radius 2 is 1.67 bits per heavy atom. The summed E-state index contributed by atoms with van der Waals surface area (Å²) in [6.45, 7) is 9.33. The zero-order chi connectivity index (χ0) is 29.2. The van der Waals surface area contributed by atoms with Crippen molar-refractivity contribution in [2.24, 2.45) is 7.05 Å². The Balaban J connectivity index is 1.22. The van der Waals surface area contributed by atoms with Crippen LogP contribution in [0.5, 0.6) is 11.6 Å². The molecule has 42 heavy (non-hydrogen) atoms. The van der Waals surface area contributed by atoms with E-state index in [1.807, 2.05) is 85.4 Å². The van der Waals surface area contributed by atoms with Crippen molar-refractivity contribution in [2.75, 3.05) is 38.5 Å². The Hall–Kier alpha value is -4.53. The molecule has 0 bridgehead atoms. The second kappa shape index (κ2) is 11.8. The molecule has 8 heteroatoms. The number of nitrogens with zero attached hydrogens (tertiary/aromatic N) is 5. The molecule has 3 heterocycles. The van der Waals surface area contributed by atoms with E-state index < -0.39 is 0 Å². The van der Waals surface area contributed by atoms with Crippen molar-refractivity contribution in [3.63, 3.8) is 0 Å². The average Bonchev–Trinajstić information content (AvgIpc) is 3.37. The Morgan fingerprint density at radius 3 is 2.43 bits per heavy atom. The number of carbonyl (C=O) groups is 1. The smallest absolute Gasteiger partial charge is 0.255 e. The molecule has 1 aliphatic rings. The maximum absolute atomic E-state index is 13.3. The summed E-state index contributed by atoms with van der Waals surface area (Å²) in [4.78, 5) is 27.7. The second-order valence-corrected chi connectivity index (χ2v) is 11.1. The maximum Gasteiger partial charge on any atom is 0.255 e. The largest absolute Gasteiger partial charge is 0.437 e. The standard InChI is InChI=1S/C34H36N6O2/c1-23-10-11-26(33(41)35-28-13-12-27(24(2)20-28)22-40-18-16-38(3)17-19-40)21-30(23)42-34-31-29(14-15-39(31)4)36-32(37-34)25-8-6-5-7-9-25/h5-15,20-21H,16-19,22H2,1-4H3,(H,35,41). The van der Waals surface area contributed by atoms with Crippen molar-refractivity contribution >= 4 is 22.6 Å². The van der Waals surface area contributed by atoms with Gasteiger partial charge in [0.15, 0.2) is 5.82 Å². The third-order valence-corrected chi connectivity index (χ3v) is 7.97. The number of rotatable bonds is 7. The van der Waals surface area contributed by atoms with E-state index in [4.69, 9.17) is 14.7 Å². The SMILES string of the molecule is Cc1cc(NC(=O)c2ccc(C)c(Oc3nc(-c4ccccc4)nc4ccn(C)c34)c2)ccc1CN1CCN(C)CC1. The van der Waals surface area contributed by atoms with Crippen LogP contribution in [-0.2, 0) is 13.6 Å². The molecule has 1 N–H and O–H groups in total. The van der Waals surface area contributed by atoms with Gasteiger partial charge in [-0.1, -0.05) is 42.5 Å². The highest BCUT2D eigenvalue weighted by Gasteiger charge is 2.18. The van der Waals surface area contributed by atoms with Gasteiger partial charge in [-0.3, -0.25) is 9.69 Å². The summed E-state index contributed by atoms with van der Waals surface area (Å²) in [6, 6.07) is 23.4. The minimum Gasteiger partial charge on any atom is -0.437 e. The lowest BCUT2D eigenvalue weighted by atomic mass is 10.1. The molecule has 0 atom stereocenters. The van der Waals surface area contributed by atoms with Crippen LogP contribution in [0, 0.1) is 13.8 Å². The third kappa shape index (κ3) is 5.91. The third-order valence-electron chi connectivity index (χ3n) is 7.97. The van der Waals surface area contributed by atoms with Crippen LogP contribution in [0.3, 0.4) is 0 Å². The number of nitrogens with one attached hydrogen (secondary N) is 1. The van der Waals surface area contributed by atoms with Gasteiger partial charge in [0, 0.05) is 62.8 Å². The van der Waals surface area contributed by atoms with Gasteiger partial charge in [0.05, 0.1) is 5.52 Å². The molecule has 1 aliphatic heterocycles. The lowest BCUT2D eigenvalue weighted by Crippen LogP contribution is -2.43. The summed E-state index contributed by atoms with van der Waals surface area (Å²) in [5, 5.41) is 3.07. The predicted octanol–water partition coefficient (Wildman–Crippen LogP) is 6.04. The van der Waals surface area contributed by atoms with Gasteiger partial charge < -0.3 is 19.5 Å². The number of aryl methyl sites for hydroxylation is 3. The number of amides is 1. The number of carbonyl (C=O) groups excluding carboxylic acids is 1. The van der Waals surface area contributed by atoms with E-state index in [9.17, 15) is 4.79 Å². The number of fused-ring (bicyclic) bond motifs is 1. The van der Waals surface area contributed by atoms with Gasteiger partial charge in [0.2, 0.25) is 5.88 Å². The number of anilines is 1. The van der Waals surface area contributed by atoms with E-state index in [2.05, 4.69) is 35.2 Å². The molecule has 5 aromatic rings. The molecule has 1 saturated heterocycles. The number of hydrogen-bond donors (Lipinski definition) is 1. The van der Waals surface area contributed by atoms with Crippen LogP contribution in [0.4, 0.5) is 5.69 Å². The zero-order valence-electron chi connectivity index (χ0n) is 24.6. The summed E-state index contributed by atoms with van der Waals surface area (Å²) in [5.74, 6) is 1.41. The summed E-state index contributed by atoms with van der Waals surface area (Å²) in [7, 11) is 4.11. The van der Waals surface area contributed by atoms with Crippen LogP contribution in [0.15, 0.2) is 79.0 Å². The van der Waals surface area contributed by atoms with Gasteiger partial charge in [-0.2, -0.15) is 4.98 Å². The normalized spacial score (nSPS) is 14.3. The highest BCUT2D eigenvalue weighted by atomic mass is 16.5. The van der Waals surface area contributed by atoms with Crippen molar-refractivity contribution in [1.29, 1.82) is 0 Å². The minimum absolute atomic E-state index is 0.192. The van der Waals surface area contributed by atoms with Gasteiger partial charge in [-0.05, 0) is 67.9 Å². The first kappa shape index (κ1) is 27.6. The maximum atomic E-state index is 13.3. The van der Waals surface area contributed by atoms with E-state index in [-0.39, 0.29) is 5.91 Å². The molecule has 0 aliphatic carbocycles. The molecule has 0 saturated carbocycles. The van der Waals surface area contributed by atoms with E-state index in [1.165, 1.54) is 11.1 Å². The molecular formula is C34H36N6O2. The predicted molar refractivity (Wildman–Crippen MR) is 167 cm³/mol. The summed E-state index contributed by atoms with van der Waals surface area (Å²) < 4.78 is 8.36. The molecule has 214 valence electrons. The minimum atomic E-state index is -0.192. The number of likely N-dealkylation sites (N-methyl/N-ethyl adjacent to an activating group) is 1. The van der Waals surface area contributed by atoms with E-state index in [0.717, 1.165) is 60.6 Å². The Bertz CT molecular complexity index is 1740. The van der Waals surface area contributed by atoms with Crippen molar-refractivity contribution in [1.82, 2.24) is 24.3 Å². The van der Waals surface area contributed by atoms with Gasteiger partial charge in [-0.25, -0.2) is 4.98 Å². The summed E-state index contributed by atoms with van der Waals surface area (Å²) >= 11 is 0. The Kier molecular flexibility index (Phi) is 7.73. The van der Waals surface area contributed by atoms with Crippen LogP contribution in [0.1, 0.15) is 27.0 Å². The monoisotopic (exact) mass is 560 g/mol. The number of aromatic nitrogens is 3.